The largest absolute Gasteiger partial charge is 0.480 e. The number of nitrogens with zero attached hydrogens (tertiary/aromatic N) is 2. The van der Waals surface area contributed by atoms with Crippen molar-refractivity contribution in [2.75, 3.05) is 13.1 Å². The number of H-pyrrole nitrogens is 1. The van der Waals surface area contributed by atoms with E-state index < -0.39 is 12.0 Å². The van der Waals surface area contributed by atoms with Crippen LogP contribution in [0, 0.1) is 5.92 Å². The van der Waals surface area contributed by atoms with Gasteiger partial charge in [0.2, 0.25) is 0 Å². The molecule has 0 radical (unpaired) electrons. The minimum atomic E-state index is -1.05. The van der Waals surface area contributed by atoms with Gasteiger partial charge in [-0.25, -0.2) is 14.6 Å². The topological polar surface area (TPSA) is 98.3 Å². The third-order valence-electron chi connectivity index (χ3n) is 3.42. The summed E-state index contributed by atoms with van der Waals surface area (Å²) in [5, 5.41) is 11.8. The standard InChI is InChI=1S/C13H20N4O3/c1-2-17(7-9-3-4-9)13(20)16-11(12(18)19)5-10-6-14-8-15-10/h6,8-9,11H,2-5,7H2,1H3,(H,14,15)(H,16,20)(H,18,19)/t11-/m0/s1. The average molecular weight is 280 g/mol. The van der Waals surface area contributed by atoms with E-state index in [1.807, 2.05) is 6.92 Å². The molecule has 0 saturated heterocycles. The number of carboxylic acid groups (broad SMARTS) is 1. The van der Waals surface area contributed by atoms with Gasteiger partial charge in [-0.1, -0.05) is 0 Å². The Kier molecular flexibility index (Phi) is 4.60. The molecule has 0 aromatic carbocycles. The molecule has 1 saturated carbocycles. The normalized spacial score (nSPS) is 15.7. The van der Waals surface area contributed by atoms with Crippen LogP contribution in [0.25, 0.3) is 0 Å². The average Bonchev–Trinajstić information content (AvgIpc) is 3.09. The number of urea groups is 1. The van der Waals surface area contributed by atoms with Gasteiger partial charge < -0.3 is 20.3 Å². The summed E-state index contributed by atoms with van der Waals surface area (Å²) in [5.74, 6) is -0.466. The Morgan fingerprint density at radius 3 is 2.85 bits per heavy atom. The van der Waals surface area contributed by atoms with Crippen LogP contribution < -0.4 is 5.32 Å². The van der Waals surface area contributed by atoms with Crippen molar-refractivity contribution >= 4 is 12.0 Å². The molecule has 0 bridgehead atoms. The van der Waals surface area contributed by atoms with E-state index in [1.54, 1.807) is 11.1 Å². The zero-order valence-corrected chi connectivity index (χ0v) is 11.5. The van der Waals surface area contributed by atoms with Gasteiger partial charge in [0.15, 0.2) is 0 Å². The number of aliphatic carboxylic acids is 1. The fraction of sp³-hybridized carbons (Fsp3) is 0.615. The van der Waals surface area contributed by atoms with Crippen molar-refractivity contribution in [3.8, 4) is 0 Å². The van der Waals surface area contributed by atoms with E-state index in [1.165, 1.54) is 6.33 Å². The first-order valence-corrected chi connectivity index (χ1v) is 6.85. The SMILES string of the molecule is CCN(CC1CC1)C(=O)N[C@@H](Cc1cnc[nH]1)C(=O)O. The Balaban J connectivity index is 1.92. The molecule has 7 nitrogen and oxygen atoms in total. The second-order valence-electron chi connectivity index (χ2n) is 5.10. The molecular weight excluding hydrogens is 260 g/mol. The maximum atomic E-state index is 12.1. The smallest absolute Gasteiger partial charge is 0.326 e. The highest BCUT2D eigenvalue weighted by atomic mass is 16.4. The fourth-order valence-electron chi connectivity index (χ4n) is 2.02. The van der Waals surface area contributed by atoms with Crippen LogP contribution in [0.5, 0.6) is 0 Å². The first-order chi connectivity index (χ1) is 9.60. The Hall–Kier alpha value is -2.05. The van der Waals surface area contributed by atoms with E-state index in [9.17, 15) is 14.7 Å². The van der Waals surface area contributed by atoms with E-state index in [0.29, 0.717) is 24.7 Å². The zero-order chi connectivity index (χ0) is 14.5. The summed E-state index contributed by atoms with van der Waals surface area (Å²) in [4.78, 5) is 31.7. The molecule has 1 heterocycles. The van der Waals surface area contributed by atoms with Crippen molar-refractivity contribution in [2.24, 2.45) is 5.92 Å². The molecule has 2 amide bonds. The molecule has 1 aliphatic rings. The highest BCUT2D eigenvalue weighted by Gasteiger charge is 2.28. The van der Waals surface area contributed by atoms with E-state index in [4.69, 9.17) is 0 Å². The van der Waals surface area contributed by atoms with Crippen LogP contribution in [0.3, 0.4) is 0 Å². The molecule has 110 valence electrons. The molecule has 3 N–H and O–H groups in total. The Bertz CT molecular complexity index is 456. The second kappa shape index (κ2) is 6.40. The van der Waals surface area contributed by atoms with Gasteiger partial charge in [-0.15, -0.1) is 0 Å². The molecule has 1 aromatic heterocycles. The molecule has 0 spiro atoms. The Morgan fingerprint density at radius 1 is 1.60 bits per heavy atom. The number of carbonyl (C=O) groups excluding carboxylic acids is 1. The number of carbonyl (C=O) groups is 2. The number of amides is 2. The third kappa shape index (κ3) is 3.97. The second-order valence-corrected chi connectivity index (χ2v) is 5.10. The highest BCUT2D eigenvalue weighted by Crippen LogP contribution is 2.29. The number of hydrogen-bond acceptors (Lipinski definition) is 3. The van der Waals surface area contributed by atoms with Crippen LogP contribution in [-0.2, 0) is 11.2 Å². The fourth-order valence-corrected chi connectivity index (χ4v) is 2.02. The van der Waals surface area contributed by atoms with Crippen molar-refractivity contribution in [3.05, 3.63) is 18.2 Å². The van der Waals surface area contributed by atoms with Crippen molar-refractivity contribution in [1.82, 2.24) is 20.2 Å². The molecular formula is C13H20N4O3. The monoisotopic (exact) mass is 280 g/mol. The number of rotatable bonds is 7. The summed E-state index contributed by atoms with van der Waals surface area (Å²) in [5.41, 5.74) is 0.683. The summed E-state index contributed by atoms with van der Waals surface area (Å²) in [7, 11) is 0. The molecule has 0 aliphatic heterocycles. The summed E-state index contributed by atoms with van der Waals surface area (Å²) < 4.78 is 0. The quantitative estimate of drug-likeness (QED) is 0.689. The maximum Gasteiger partial charge on any atom is 0.326 e. The number of nitrogens with one attached hydrogen (secondary N) is 2. The number of aromatic nitrogens is 2. The van der Waals surface area contributed by atoms with Gasteiger partial charge in [-0.05, 0) is 25.7 Å². The number of hydrogen-bond donors (Lipinski definition) is 3. The van der Waals surface area contributed by atoms with Crippen molar-refractivity contribution in [3.63, 3.8) is 0 Å². The lowest BCUT2D eigenvalue weighted by molar-refractivity contribution is -0.139. The number of aromatic amines is 1. The van der Waals surface area contributed by atoms with Crippen molar-refractivity contribution < 1.29 is 14.7 Å². The molecule has 1 fully saturated rings. The van der Waals surface area contributed by atoms with Crippen LogP contribution in [0.15, 0.2) is 12.5 Å². The summed E-state index contributed by atoms with van der Waals surface area (Å²) in [6.45, 7) is 3.18. The van der Waals surface area contributed by atoms with Gasteiger partial charge in [0.25, 0.3) is 0 Å². The van der Waals surface area contributed by atoms with E-state index in [2.05, 4.69) is 15.3 Å². The van der Waals surface area contributed by atoms with Crippen LogP contribution in [0.1, 0.15) is 25.5 Å². The Labute approximate surface area is 117 Å². The molecule has 2 rings (SSSR count). The number of carboxylic acids is 1. The first kappa shape index (κ1) is 14.4. The molecule has 7 heteroatoms. The maximum absolute atomic E-state index is 12.1. The highest BCUT2D eigenvalue weighted by molar-refractivity contribution is 5.82. The molecule has 0 unspecified atom stereocenters. The van der Waals surface area contributed by atoms with E-state index in [-0.39, 0.29) is 12.5 Å². The zero-order valence-electron chi connectivity index (χ0n) is 11.5. The molecule has 1 atom stereocenters. The lowest BCUT2D eigenvalue weighted by Gasteiger charge is -2.23. The lowest BCUT2D eigenvalue weighted by atomic mass is 10.1. The lowest BCUT2D eigenvalue weighted by Crippen LogP contribution is -2.49. The van der Waals surface area contributed by atoms with Gasteiger partial charge in [-0.2, -0.15) is 0 Å². The van der Waals surface area contributed by atoms with Gasteiger partial charge in [0, 0.05) is 31.4 Å². The van der Waals surface area contributed by atoms with Gasteiger partial charge in [-0.3, -0.25) is 0 Å². The van der Waals surface area contributed by atoms with Crippen LogP contribution in [0.2, 0.25) is 0 Å². The number of imidazole rings is 1. The van der Waals surface area contributed by atoms with E-state index >= 15 is 0 Å². The molecule has 1 aliphatic carbocycles. The van der Waals surface area contributed by atoms with Crippen molar-refractivity contribution in [1.29, 1.82) is 0 Å². The van der Waals surface area contributed by atoms with Gasteiger partial charge in [0.1, 0.15) is 6.04 Å². The minimum Gasteiger partial charge on any atom is -0.480 e. The van der Waals surface area contributed by atoms with Crippen molar-refractivity contribution in [2.45, 2.75) is 32.2 Å². The first-order valence-electron chi connectivity index (χ1n) is 6.85. The Morgan fingerprint density at radius 2 is 2.35 bits per heavy atom. The van der Waals surface area contributed by atoms with E-state index in [0.717, 1.165) is 12.8 Å². The predicted molar refractivity (Wildman–Crippen MR) is 72.2 cm³/mol. The molecule has 20 heavy (non-hydrogen) atoms. The predicted octanol–water partition coefficient (Wildman–Crippen LogP) is 0.847. The van der Waals surface area contributed by atoms with Crippen LogP contribution in [-0.4, -0.2) is 51.1 Å². The molecule has 1 aromatic rings. The summed E-state index contributed by atoms with van der Waals surface area (Å²) in [6, 6.07) is -1.26. The third-order valence-corrected chi connectivity index (χ3v) is 3.42. The van der Waals surface area contributed by atoms with Gasteiger partial charge >= 0.3 is 12.0 Å². The van der Waals surface area contributed by atoms with Gasteiger partial charge in [0.05, 0.1) is 6.33 Å². The summed E-state index contributed by atoms with van der Waals surface area (Å²) in [6.07, 6.45) is 5.55. The summed E-state index contributed by atoms with van der Waals surface area (Å²) >= 11 is 0. The van der Waals surface area contributed by atoms with Crippen LogP contribution in [0.4, 0.5) is 4.79 Å². The van der Waals surface area contributed by atoms with Crippen LogP contribution >= 0.6 is 0 Å². The minimum absolute atomic E-state index is 0.196.